The van der Waals surface area contributed by atoms with Gasteiger partial charge in [-0.05, 0) is 25.5 Å². The van der Waals surface area contributed by atoms with E-state index in [1.54, 1.807) is 0 Å². The lowest BCUT2D eigenvalue weighted by Gasteiger charge is -2.19. The number of hydrogen-bond donors (Lipinski definition) is 2. The third kappa shape index (κ3) is 4.33. The summed E-state index contributed by atoms with van der Waals surface area (Å²) in [5.74, 6) is 0. The number of unbranched alkanes of at least 4 members (excludes halogenated alkanes) is 1. The van der Waals surface area contributed by atoms with Gasteiger partial charge >= 0.3 is 6.03 Å². The molecule has 1 rings (SSSR count). The second kappa shape index (κ2) is 6.99. The molecule has 2 amide bonds. The molecule has 0 aromatic heterocycles. The molecule has 1 saturated carbocycles. The van der Waals surface area contributed by atoms with Crippen LogP contribution in [0.5, 0.6) is 0 Å². The molecule has 2 N–H and O–H groups in total. The van der Waals surface area contributed by atoms with Crippen molar-refractivity contribution in [3.05, 3.63) is 0 Å². The van der Waals surface area contributed by atoms with Crippen LogP contribution in [0.3, 0.4) is 0 Å². The van der Waals surface area contributed by atoms with Crippen molar-refractivity contribution in [2.45, 2.75) is 50.3 Å². The Labute approximate surface area is 96.8 Å². The first-order valence-corrected chi connectivity index (χ1v) is 7.14. The third-order valence-corrected chi connectivity index (χ3v) is 4.06. The summed E-state index contributed by atoms with van der Waals surface area (Å²) in [6, 6.07) is 0.385. The summed E-state index contributed by atoms with van der Waals surface area (Å²) in [7, 11) is 0. The van der Waals surface area contributed by atoms with E-state index in [1.807, 2.05) is 11.8 Å². The molecule has 0 aromatic rings. The lowest BCUT2D eigenvalue weighted by molar-refractivity contribution is 0.237. The van der Waals surface area contributed by atoms with Gasteiger partial charge in [0.15, 0.2) is 0 Å². The Hall–Kier alpha value is -0.380. The van der Waals surface area contributed by atoms with Gasteiger partial charge in [0, 0.05) is 17.8 Å². The van der Waals surface area contributed by atoms with E-state index in [4.69, 9.17) is 0 Å². The molecule has 2 atom stereocenters. The highest BCUT2D eigenvalue weighted by Gasteiger charge is 2.27. The average Bonchev–Trinajstić information content (AvgIpc) is 2.65. The molecule has 1 fully saturated rings. The topological polar surface area (TPSA) is 41.1 Å². The molecule has 4 heteroatoms. The molecule has 3 nitrogen and oxygen atoms in total. The quantitative estimate of drug-likeness (QED) is 0.712. The first-order chi connectivity index (χ1) is 7.27. The zero-order chi connectivity index (χ0) is 11.1. The summed E-state index contributed by atoms with van der Waals surface area (Å²) in [4.78, 5) is 11.5. The summed E-state index contributed by atoms with van der Waals surface area (Å²) in [6.07, 6.45) is 7.92. The molecular formula is C11H22N2OS. The molecule has 1 aliphatic carbocycles. The molecule has 0 radical (unpaired) electrons. The zero-order valence-corrected chi connectivity index (χ0v) is 10.5. The maximum atomic E-state index is 11.5. The van der Waals surface area contributed by atoms with Crippen molar-refractivity contribution in [1.82, 2.24) is 10.6 Å². The Bertz CT molecular complexity index is 199. The SMILES string of the molecule is CCCCNC(=O)NC1CCCC1SC. The molecular weight excluding hydrogens is 208 g/mol. The van der Waals surface area contributed by atoms with Crippen molar-refractivity contribution < 1.29 is 4.79 Å². The summed E-state index contributed by atoms with van der Waals surface area (Å²) in [5.41, 5.74) is 0. The molecule has 0 saturated heterocycles. The number of hydrogen-bond acceptors (Lipinski definition) is 2. The summed E-state index contributed by atoms with van der Waals surface area (Å²) < 4.78 is 0. The monoisotopic (exact) mass is 230 g/mol. The van der Waals surface area contributed by atoms with E-state index in [-0.39, 0.29) is 6.03 Å². The smallest absolute Gasteiger partial charge is 0.315 e. The van der Waals surface area contributed by atoms with Crippen LogP contribution < -0.4 is 10.6 Å². The Morgan fingerprint density at radius 2 is 2.27 bits per heavy atom. The number of nitrogens with one attached hydrogen (secondary N) is 2. The van der Waals surface area contributed by atoms with Crippen LogP contribution in [0.15, 0.2) is 0 Å². The second-order valence-corrected chi connectivity index (χ2v) is 5.14. The minimum atomic E-state index is 0.00870. The van der Waals surface area contributed by atoms with Crippen molar-refractivity contribution in [3.8, 4) is 0 Å². The van der Waals surface area contributed by atoms with Gasteiger partial charge in [-0.25, -0.2) is 4.79 Å². The van der Waals surface area contributed by atoms with Crippen molar-refractivity contribution in [3.63, 3.8) is 0 Å². The maximum Gasteiger partial charge on any atom is 0.315 e. The van der Waals surface area contributed by atoms with Crippen molar-refractivity contribution in [1.29, 1.82) is 0 Å². The van der Waals surface area contributed by atoms with Gasteiger partial charge in [-0.3, -0.25) is 0 Å². The van der Waals surface area contributed by atoms with Crippen LogP contribution in [0.2, 0.25) is 0 Å². The predicted octanol–water partition coefficient (Wildman–Crippen LogP) is 2.37. The fourth-order valence-electron chi connectivity index (χ4n) is 1.97. The Kier molecular flexibility index (Phi) is 5.91. The highest BCUT2D eigenvalue weighted by molar-refractivity contribution is 7.99. The van der Waals surface area contributed by atoms with Crippen molar-refractivity contribution in [2.24, 2.45) is 0 Å². The highest BCUT2D eigenvalue weighted by atomic mass is 32.2. The minimum absolute atomic E-state index is 0.00870. The van der Waals surface area contributed by atoms with Gasteiger partial charge < -0.3 is 10.6 Å². The average molecular weight is 230 g/mol. The Morgan fingerprint density at radius 3 is 2.93 bits per heavy atom. The lowest BCUT2D eigenvalue weighted by atomic mass is 10.2. The van der Waals surface area contributed by atoms with E-state index in [1.165, 1.54) is 12.8 Å². The second-order valence-electron chi connectivity index (χ2n) is 4.07. The van der Waals surface area contributed by atoms with Gasteiger partial charge in [-0.2, -0.15) is 11.8 Å². The molecule has 0 spiro atoms. The van der Waals surface area contributed by atoms with Crippen molar-refractivity contribution in [2.75, 3.05) is 12.8 Å². The maximum absolute atomic E-state index is 11.5. The predicted molar refractivity (Wildman–Crippen MR) is 66.4 cm³/mol. The van der Waals surface area contributed by atoms with Crippen LogP contribution in [0.1, 0.15) is 39.0 Å². The fraction of sp³-hybridized carbons (Fsp3) is 0.909. The number of carbonyl (C=O) groups is 1. The van der Waals surface area contributed by atoms with E-state index in [0.29, 0.717) is 11.3 Å². The van der Waals surface area contributed by atoms with Gasteiger partial charge in [0.05, 0.1) is 0 Å². The number of carbonyl (C=O) groups excluding carboxylic acids is 1. The first-order valence-electron chi connectivity index (χ1n) is 5.85. The summed E-state index contributed by atoms with van der Waals surface area (Å²) in [6.45, 7) is 2.92. The summed E-state index contributed by atoms with van der Waals surface area (Å²) >= 11 is 1.87. The van der Waals surface area contributed by atoms with Crippen LogP contribution in [-0.4, -0.2) is 30.1 Å². The fourth-order valence-corrected chi connectivity index (χ4v) is 2.91. The highest BCUT2D eigenvalue weighted by Crippen LogP contribution is 2.28. The molecule has 88 valence electrons. The minimum Gasteiger partial charge on any atom is -0.338 e. The van der Waals surface area contributed by atoms with Crippen LogP contribution in [-0.2, 0) is 0 Å². The van der Waals surface area contributed by atoms with Crippen LogP contribution >= 0.6 is 11.8 Å². The standard InChI is InChI=1S/C11H22N2OS/c1-3-4-8-12-11(14)13-9-6-5-7-10(9)15-2/h9-10H,3-8H2,1-2H3,(H2,12,13,14). The van der Waals surface area contributed by atoms with E-state index < -0.39 is 0 Å². The molecule has 1 aliphatic rings. The first kappa shape index (κ1) is 12.7. The van der Waals surface area contributed by atoms with Gasteiger partial charge in [0.2, 0.25) is 0 Å². The number of thioether (sulfide) groups is 1. The third-order valence-electron chi connectivity index (χ3n) is 2.89. The Balaban J connectivity index is 2.19. The number of urea groups is 1. The van der Waals surface area contributed by atoms with Crippen LogP contribution in [0.25, 0.3) is 0 Å². The molecule has 0 bridgehead atoms. The largest absolute Gasteiger partial charge is 0.338 e. The van der Waals surface area contributed by atoms with E-state index in [9.17, 15) is 4.79 Å². The molecule has 0 heterocycles. The molecule has 2 unspecified atom stereocenters. The van der Waals surface area contributed by atoms with Crippen LogP contribution in [0, 0.1) is 0 Å². The van der Waals surface area contributed by atoms with Gasteiger partial charge in [0.25, 0.3) is 0 Å². The molecule has 0 aromatic carbocycles. The van der Waals surface area contributed by atoms with E-state index >= 15 is 0 Å². The lowest BCUT2D eigenvalue weighted by Crippen LogP contribution is -2.44. The molecule has 0 aliphatic heterocycles. The summed E-state index contributed by atoms with van der Waals surface area (Å²) in [5, 5.41) is 6.58. The number of amides is 2. The van der Waals surface area contributed by atoms with Crippen LogP contribution in [0.4, 0.5) is 4.79 Å². The van der Waals surface area contributed by atoms with Gasteiger partial charge in [-0.15, -0.1) is 0 Å². The van der Waals surface area contributed by atoms with E-state index in [0.717, 1.165) is 25.8 Å². The normalized spacial score (nSPS) is 25.2. The van der Waals surface area contributed by atoms with Gasteiger partial charge in [-0.1, -0.05) is 19.8 Å². The molecule has 15 heavy (non-hydrogen) atoms. The van der Waals surface area contributed by atoms with Crippen molar-refractivity contribution >= 4 is 17.8 Å². The number of rotatable bonds is 5. The Morgan fingerprint density at radius 1 is 1.47 bits per heavy atom. The van der Waals surface area contributed by atoms with E-state index in [2.05, 4.69) is 23.8 Å². The van der Waals surface area contributed by atoms with Gasteiger partial charge in [0.1, 0.15) is 0 Å². The zero-order valence-electron chi connectivity index (χ0n) is 9.71.